The van der Waals surface area contributed by atoms with E-state index < -0.39 is 0 Å². The Labute approximate surface area is 125 Å². The molecule has 112 valence electrons. The van der Waals surface area contributed by atoms with E-state index in [-0.39, 0.29) is 18.3 Å². The highest BCUT2D eigenvalue weighted by Gasteiger charge is 2.34. The molecule has 3 rings (SSSR count). The van der Waals surface area contributed by atoms with E-state index in [1.54, 1.807) is 4.68 Å². The van der Waals surface area contributed by atoms with Crippen LogP contribution in [0.4, 0.5) is 0 Å². The average molecular weight is 299 g/mol. The van der Waals surface area contributed by atoms with E-state index in [2.05, 4.69) is 15.7 Å². The third-order valence-electron chi connectivity index (χ3n) is 4.54. The number of nitrogens with one attached hydrogen (secondary N) is 2. The zero-order chi connectivity index (χ0) is 13.6. The summed E-state index contributed by atoms with van der Waals surface area (Å²) in [5.41, 5.74) is 2.50. The van der Waals surface area contributed by atoms with Gasteiger partial charge in [0.25, 0.3) is 5.91 Å². The molecular weight excluding hydrogens is 276 g/mol. The van der Waals surface area contributed by atoms with Gasteiger partial charge < -0.3 is 10.6 Å². The number of halogens is 1. The van der Waals surface area contributed by atoms with Gasteiger partial charge in [0.2, 0.25) is 0 Å². The number of hydrogen-bond acceptors (Lipinski definition) is 3. The minimum Gasteiger partial charge on any atom is -0.349 e. The predicted octanol–water partition coefficient (Wildman–Crippen LogP) is 1.47. The van der Waals surface area contributed by atoms with E-state index in [0.717, 1.165) is 29.8 Å². The van der Waals surface area contributed by atoms with Crippen LogP contribution in [0, 0.1) is 13.8 Å². The Bertz CT molecular complexity index is 502. The van der Waals surface area contributed by atoms with Gasteiger partial charge in [-0.15, -0.1) is 12.4 Å². The molecule has 6 heteroatoms. The molecule has 3 heterocycles. The van der Waals surface area contributed by atoms with Crippen LogP contribution in [0.2, 0.25) is 0 Å². The first kappa shape index (κ1) is 15.3. The van der Waals surface area contributed by atoms with Gasteiger partial charge in [0, 0.05) is 30.9 Å². The second-order valence-electron chi connectivity index (χ2n) is 5.95. The Morgan fingerprint density at radius 1 is 1.30 bits per heavy atom. The van der Waals surface area contributed by atoms with Gasteiger partial charge in [-0.05, 0) is 39.5 Å². The molecule has 1 aromatic heterocycles. The lowest BCUT2D eigenvalue weighted by atomic mass is 9.99. The van der Waals surface area contributed by atoms with Crippen molar-refractivity contribution in [1.82, 2.24) is 20.4 Å². The third-order valence-corrected chi connectivity index (χ3v) is 4.54. The maximum absolute atomic E-state index is 12.4. The smallest absolute Gasteiger partial charge is 0.255 e. The van der Waals surface area contributed by atoms with E-state index in [1.807, 2.05) is 20.9 Å². The summed E-state index contributed by atoms with van der Waals surface area (Å²) in [5.74, 6) is 0.0365. The molecule has 2 fully saturated rings. The molecule has 0 radical (unpaired) electrons. The van der Waals surface area contributed by atoms with Crippen LogP contribution in [-0.2, 0) is 7.05 Å². The van der Waals surface area contributed by atoms with Crippen molar-refractivity contribution in [3.05, 3.63) is 17.0 Å². The van der Waals surface area contributed by atoms with Crippen molar-refractivity contribution in [3.8, 4) is 0 Å². The van der Waals surface area contributed by atoms with Gasteiger partial charge in [-0.3, -0.25) is 9.48 Å². The molecule has 2 saturated heterocycles. The number of piperidine rings is 1. The first-order valence-corrected chi connectivity index (χ1v) is 7.11. The van der Waals surface area contributed by atoms with Crippen molar-refractivity contribution < 1.29 is 4.79 Å². The number of aryl methyl sites for hydroxylation is 2. The van der Waals surface area contributed by atoms with Crippen LogP contribution in [0.5, 0.6) is 0 Å². The van der Waals surface area contributed by atoms with Crippen LogP contribution in [0.25, 0.3) is 0 Å². The fourth-order valence-electron chi connectivity index (χ4n) is 3.53. The Hall–Kier alpha value is -1.07. The minimum absolute atomic E-state index is 0. The summed E-state index contributed by atoms with van der Waals surface area (Å²) >= 11 is 0. The lowest BCUT2D eigenvalue weighted by Gasteiger charge is -2.29. The first-order chi connectivity index (χ1) is 9.04. The number of carbonyl (C=O) groups excluding carboxylic acids is 1. The lowest BCUT2D eigenvalue weighted by Crippen LogP contribution is -2.48. The van der Waals surface area contributed by atoms with Crippen molar-refractivity contribution in [2.75, 3.05) is 0 Å². The zero-order valence-corrected chi connectivity index (χ0v) is 13.1. The maximum Gasteiger partial charge on any atom is 0.255 e. The number of nitrogens with zero attached hydrogens (tertiary/aromatic N) is 2. The normalized spacial score (nSPS) is 28.1. The van der Waals surface area contributed by atoms with Crippen molar-refractivity contribution in [2.24, 2.45) is 7.05 Å². The fourth-order valence-corrected chi connectivity index (χ4v) is 3.53. The van der Waals surface area contributed by atoms with Crippen molar-refractivity contribution >= 4 is 18.3 Å². The van der Waals surface area contributed by atoms with Gasteiger partial charge in [0.1, 0.15) is 0 Å². The Morgan fingerprint density at radius 2 is 1.90 bits per heavy atom. The van der Waals surface area contributed by atoms with Gasteiger partial charge in [-0.25, -0.2) is 0 Å². The standard InChI is InChI=1S/C14H22N4O.ClH/c1-8-13(9(2)18(3)17-8)14(19)16-12-6-10-4-5-11(7-12)15-10;/h10-12,15H,4-7H2,1-3H3,(H,16,19);1H. The summed E-state index contributed by atoms with van der Waals surface area (Å²) in [6.45, 7) is 3.84. The van der Waals surface area contributed by atoms with Crippen LogP contribution in [-0.4, -0.2) is 33.8 Å². The predicted molar refractivity (Wildman–Crippen MR) is 80.4 cm³/mol. The van der Waals surface area contributed by atoms with Gasteiger partial charge in [0.15, 0.2) is 0 Å². The number of rotatable bonds is 2. The van der Waals surface area contributed by atoms with E-state index >= 15 is 0 Å². The molecule has 2 aliphatic heterocycles. The van der Waals surface area contributed by atoms with E-state index in [1.165, 1.54) is 12.8 Å². The molecule has 2 atom stereocenters. The first-order valence-electron chi connectivity index (χ1n) is 7.11. The van der Waals surface area contributed by atoms with Gasteiger partial charge >= 0.3 is 0 Å². The molecule has 2 unspecified atom stereocenters. The highest BCUT2D eigenvalue weighted by Crippen LogP contribution is 2.27. The molecule has 0 aliphatic carbocycles. The molecule has 2 N–H and O–H groups in total. The van der Waals surface area contributed by atoms with Gasteiger partial charge in [-0.2, -0.15) is 5.10 Å². The molecular formula is C14H23ClN4O. The molecule has 2 aliphatic rings. The molecule has 1 amide bonds. The van der Waals surface area contributed by atoms with Crippen molar-refractivity contribution in [2.45, 2.75) is 57.7 Å². The van der Waals surface area contributed by atoms with Crippen LogP contribution in [0.1, 0.15) is 47.4 Å². The van der Waals surface area contributed by atoms with E-state index in [4.69, 9.17) is 0 Å². The SMILES string of the molecule is Cc1nn(C)c(C)c1C(=O)NC1CC2CCC(C1)N2.Cl. The Kier molecular flexibility index (Phi) is 4.39. The number of amides is 1. The molecule has 5 nitrogen and oxygen atoms in total. The summed E-state index contributed by atoms with van der Waals surface area (Å²) in [7, 11) is 1.88. The zero-order valence-electron chi connectivity index (χ0n) is 12.3. The van der Waals surface area contributed by atoms with E-state index in [9.17, 15) is 4.79 Å². The summed E-state index contributed by atoms with van der Waals surface area (Å²) in [4.78, 5) is 12.4. The van der Waals surface area contributed by atoms with Gasteiger partial charge in [-0.1, -0.05) is 0 Å². The Morgan fingerprint density at radius 3 is 2.40 bits per heavy atom. The number of carbonyl (C=O) groups is 1. The number of fused-ring (bicyclic) bond motifs is 2. The molecule has 2 bridgehead atoms. The topological polar surface area (TPSA) is 59.0 Å². The summed E-state index contributed by atoms with van der Waals surface area (Å²) < 4.78 is 1.77. The monoisotopic (exact) mass is 298 g/mol. The van der Waals surface area contributed by atoms with Gasteiger partial charge in [0.05, 0.1) is 11.3 Å². The van der Waals surface area contributed by atoms with Crippen LogP contribution in [0.3, 0.4) is 0 Å². The summed E-state index contributed by atoms with van der Waals surface area (Å²) in [5, 5.41) is 11.1. The maximum atomic E-state index is 12.4. The van der Waals surface area contributed by atoms with Crippen LogP contribution >= 0.6 is 12.4 Å². The molecule has 20 heavy (non-hydrogen) atoms. The largest absolute Gasteiger partial charge is 0.349 e. The molecule has 0 spiro atoms. The second-order valence-corrected chi connectivity index (χ2v) is 5.95. The van der Waals surface area contributed by atoms with Crippen LogP contribution < -0.4 is 10.6 Å². The second kappa shape index (κ2) is 5.74. The number of hydrogen-bond donors (Lipinski definition) is 2. The van der Waals surface area contributed by atoms with E-state index in [0.29, 0.717) is 18.1 Å². The summed E-state index contributed by atoms with van der Waals surface area (Å²) in [6, 6.07) is 1.51. The molecule has 0 saturated carbocycles. The fraction of sp³-hybridized carbons (Fsp3) is 0.714. The quantitative estimate of drug-likeness (QED) is 0.869. The van der Waals surface area contributed by atoms with Crippen molar-refractivity contribution in [1.29, 1.82) is 0 Å². The highest BCUT2D eigenvalue weighted by atomic mass is 35.5. The molecule has 1 aromatic rings. The minimum atomic E-state index is 0. The van der Waals surface area contributed by atoms with Crippen molar-refractivity contribution in [3.63, 3.8) is 0 Å². The Balaban J connectivity index is 0.00000147. The molecule has 0 aromatic carbocycles. The van der Waals surface area contributed by atoms with Crippen LogP contribution in [0.15, 0.2) is 0 Å². The lowest BCUT2D eigenvalue weighted by molar-refractivity contribution is 0.0922. The third kappa shape index (κ3) is 2.69. The highest BCUT2D eigenvalue weighted by molar-refractivity contribution is 5.96. The summed E-state index contributed by atoms with van der Waals surface area (Å²) in [6.07, 6.45) is 4.62. The number of aromatic nitrogens is 2. The average Bonchev–Trinajstić information content (AvgIpc) is 2.80.